The van der Waals surface area contributed by atoms with E-state index >= 15 is 0 Å². The maximum absolute atomic E-state index is 13.0. The zero-order chi connectivity index (χ0) is 21.0. The fourth-order valence-electron chi connectivity index (χ4n) is 4.46. The minimum atomic E-state index is -0.331. The molecule has 3 aromatic rings. The number of aryl methyl sites for hydroxylation is 1. The highest BCUT2D eigenvalue weighted by molar-refractivity contribution is 6.12. The second kappa shape index (κ2) is 6.88. The molecule has 1 aromatic heterocycles. The normalized spacial score (nSPS) is 22.0. The summed E-state index contributed by atoms with van der Waals surface area (Å²) in [7, 11) is 1.54. The van der Waals surface area contributed by atoms with E-state index in [1.165, 1.54) is 7.05 Å². The quantitative estimate of drug-likeness (QED) is 0.619. The molecule has 7 heteroatoms. The van der Waals surface area contributed by atoms with Crippen LogP contribution in [0.5, 0.6) is 5.75 Å². The van der Waals surface area contributed by atoms with Crippen LogP contribution in [0.4, 0.5) is 0 Å². The molecular weight excluding hydrogens is 384 g/mol. The minimum Gasteiger partial charge on any atom is -0.508 e. The number of nitrogens with one attached hydrogen (secondary N) is 2. The third-order valence-electron chi connectivity index (χ3n) is 6.08. The molecule has 3 N–H and O–H groups in total. The van der Waals surface area contributed by atoms with E-state index in [1.54, 1.807) is 37.3 Å². The summed E-state index contributed by atoms with van der Waals surface area (Å²) < 4.78 is 11.3. The Balaban J connectivity index is 1.62. The van der Waals surface area contributed by atoms with Gasteiger partial charge in [-0.15, -0.1) is 0 Å². The molecule has 0 bridgehead atoms. The molecule has 0 spiro atoms. The average Bonchev–Trinajstić information content (AvgIpc) is 3.07. The average molecular weight is 406 g/mol. The van der Waals surface area contributed by atoms with Gasteiger partial charge in [-0.2, -0.15) is 0 Å². The molecule has 2 amide bonds. The standard InChI is InChI=1S/C23H22N2O5/c1-11-19(12-4-3-5-14(26)6-12)15-7-13(8-16(21(15)30-11)23(28)24-2)22(27)25-20-17-9-29-10-18(17)20/h3-8,17-18,20,26H,9-10H2,1-2H3,(H,24,28)(H,25,27)/t17-,18+,20?. The van der Waals surface area contributed by atoms with Gasteiger partial charge in [0.25, 0.3) is 11.8 Å². The third kappa shape index (κ3) is 2.93. The van der Waals surface area contributed by atoms with Crippen molar-refractivity contribution in [3.8, 4) is 16.9 Å². The number of carbonyl (C=O) groups excluding carboxylic acids is 2. The number of aromatic hydroxyl groups is 1. The van der Waals surface area contributed by atoms with Gasteiger partial charge in [0.15, 0.2) is 0 Å². The molecule has 2 fully saturated rings. The lowest BCUT2D eigenvalue weighted by Gasteiger charge is -2.10. The number of amides is 2. The molecule has 1 aliphatic carbocycles. The largest absolute Gasteiger partial charge is 0.508 e. The maximum Gasteiger partial charge on any atom is 0.254 e. The number of benzene rings is 2. The summed E-state index contributed by atoms with van der Waals surface area (Å²) in [6, 6.07) is 10.3. The molecule has 1 saturated carbocycles. The molecule has 3 atom stereocenters. The lowest BCUT2D eigenvalue weighted by Crippen LogP contribution is -2.30. The van der Waals surface area contributed by atoms with Crippen LogP contribution in [0, 0.1) is 18.8 Å². The highest BCUT2D eigenvalue weighted by atomic mass is 16.5. The number of phenolic OH excluding ortho intramolecular Hbond substituents is 1. The van der Waals surface area contributed by atoms with Crippen LogP contribution in [0.3, 0.4) is 0 Å². The van der Waals surface area contributed by atoms with E-state index in [1.807, 2.05) is 6.07 Å². The van der Waals surface area contributed by atoms with Crippen LogP contribution in [0.1, 0.15) is 26.5 Å². The first-order valence-corrected chi connectivity index (χ1v) is 9.95. The van der Waals surface area contributed by atoms with E-state index in [0.29, 0.717) is 52.9 Å². The SMILES string of the molecule is CNC(=O)c1cc(C(=O)NC2[C@H]3COC[C@@H]23)cc2c(-c3cccc(O)c3)c(C)oc12. The number of furan rings is 1. The Hall–Kier alpha value is -3.32. The molecule has 0 radical (unpaired) electrons. The van der Waals surface area contributed by atoms with Crippen LogP contribution in [0.2, 0.25) is 0 Å². The summed E-state index contributed by atoms with van der Waals surface area (Å²) in [6.07, 6.45) is 0. The Morgan fingerprint density at radius 2 is 1.87 bits per heavy atom. The van der Waals surface area contributed by atoms with Crippen molar-refractivity contribution < 1.29 is 23.8 Å². The van der Waals surface area contributed by atoms with Crippen molar-refractivity contribution in [1.82, 2.24) is 10.6 Å². The van der Waals surface area contributed by atoms with Crippen LogP contribution in [-0.2, 0) is 4.74 Å². The van der Waals surface area contributed by atoms with Gasteiger partial charge in [-0.1, -0.05) is 12.1 Å². The van der Waals surface area contributed by atoms with E-state index in [0.717, 1.165) is 11.1 Å². The van der Waals surface area contributed by atoms with Crippen molar-refractivity contribution in [2.24, 2.45) is 11.8 Å². The number of fused-ring (bicyclic) bond motifs is 2. The Bertz CT molecular complexity index is 1170. The van der Waals surface area contributed by atoms with Gasteiger partial charge in [0.05, 0.1) is 18.8 Å². The Kier molecular flexibility index (Phi) is 4.29. The monoisotopic (exact) mass is 406 g/mol. The maximum atomic E-state index is 13.0. The lowest BCUT2D eigenvalue weighted by atomic mass is 9.98. The second-order valence-electron chi connectivity index (χ2n) is 7.93. The topological polar surface area (TPSA) is 101 Å². The molecule has 1 saturated heterocycles. The van der Waals surface area contributed by atoms with Gasteiger partial charge in [0.1, 0.15) is 17.1 Å². The van der Waals surface area contributed by atoms with E-state index in [-0.39, 0.29) is 23.6 Å². The van der Waals surface area contributed by atoms with Crippen molar-refractivity contribution in [3.05, 3.63) is 53.3 Å². The smallest absolute Gasteiger partial charge is 0.254 e. The molecule has 2 heterocycles. The summed E-state index contributed by atoms with van der Waals surface area (Å²) in [4.78, 5) is 25.5. The van der Waals surface area contributed by atoms with Crippen LogP contribution < -0.4 is 10.6 Å². The van der Waals surface area contributed by atoms with Crippen molar-refractivity contribution in [1.29, 1.82) is 0 Å². The van der Waals surface area contributed by atoms with Gasteiger partial charge in [0, 0.05) is 41.4 Å². The number of carbonyl (C=O) groups is 2. The summed E-state index contributed by atoms with van der Waals surface area (Å²) >= 11 is 0. The number of hydrogen-bond donors (Lipinski definition) is 3. The van der Waals surface area contributed by atoms with E-state index in [9.17, 15) is 14.7 Å². The molecular formula is C23H22N2O5. The molecule has 154 valence electrons. The highest BCUT2D eigenvalue weighted by Gasteiger charge is 2.54. The Morgan fingerprint density at radius 1 is 1.10 bits per heavy atom. The van der Waals surface area contributed by atoms with Gasteiger partial charge in [-0.05, 0) is 36.8 Å². The van der Waals surface area contributed by atoms with Crippen LogP contribution >= 0.6 is 0 Å². The van der Waals surface area contributed by atoms with Gasteiger partial charge in [-0.3, -0.25) is 9.59 Å². The first-order valence-electron chi connectivity index (χ1n) is 9.95. The molecule has 1 unspecified atom stereocenters. The number of rotatable bonds is 4. The van der Waals surface area contributed by atoms with Crippen LogP contribution in [0.15, 0.2) is 40.8 Å². The van der Waals surface area contributed by atoms with Gasteiger partial charge in [-0.25, -0.2) is 0 Å². The Morgan fingerprint density at radius 3 is 2.57 bits per heavy atom. The van der Waals surface area contributed by atoms with Crippen molar-refractivity contribution >= 4 is 22.8 Å². The van der Waals surface area contributed by atoms with Gasteiger partial charge in [0.2, 0.25) is 0 Å². The minimum absolute atomic E-state index is 0.127. The van der Waals surface area contributed by atoms with Crippen molar-refractivity contribution in [2.75, 3.05) is 20.3 Å². The van der Waals surface area contributed by atoms with E-state index in [2.05, 4.69) is 10.6 Å². The molecule has 5 rings (SSSR count). The first-order chi connectivity index (χ1) is 14.5. The molecule has 7 nitrogen and oxygen atoms in total. The Labute approximate surface area is 173 Å². The predicted octanol–water partition coefficient (Wildman–Crippen LogP) is 2.85. The molecule has 1 aliphatic heterocycles. The summed E-state index contributed by atoms with van der Waals surface area (Å²) in [6.45, 7) is 3.17. The summed E-state index contributed by atoms with van der Waals surface area (Å²) in [5.74, 6) is 0.950. The van der Waals surface area contributed by atoms with Gasteiger partial charge >= 0.3 is 0 Å². The third-order valence-corrected chi connectivity index (χ3v) is 6.08. The van der Waals surface area contributed by atoms with Crippen molar-refractivity contribution in [2.45, 2.75) is 13.0 Å². The summed E-state index contributed by atoms with van der Waals surface area (Å²) in [5.41, 5.74) is 2.61. The van der Waals surface area contributed by atoms with E-state index in [4.69, 9.17) is 9.15 Å². The predicted molar refractivity (Wildman–Crippen MR) is 110 cm³/mol. The molecule has 2 aliphatic rings. The lowest BCUT2D eigenvalue weighted by molar-refractivity contribution is 0.0929. The molecule has 2 aromatic carbocycles. The van der Waals surface area contributed by atoms with Crippen LogP contribution in [0.25, 0.3) is 22.1 Å². The summed E-state index contributed by atoms with van der Waals surface area (Å²) in [5, 5.41) is 16.3. The van der Waals surface area contributed by atoms with Crippen LogP contribution in [-0.4, -0.2) is 43.2 Å². The van der Waals surface area contributed by atoms with Gasteiger partial charge < -0.3 is 24.9 Å². The fourth-order valence-corrected chi connectivity index (χ4v) is 4.46. The number of hydrogen-bond acceptors (Lipinski definition) is 5. The number of phenols is 1. The number of ether oxygens (including phenoxy) is 1. The highest BCUT2D eigenvalue weighted by Crippen LogP contribution is 2.44. The zero-order valence-electron chi connectivity index (χ0n) is 16.7. The fraction of sp³-hybridized carbons (Fsp3) is 0.304. The zero-order valence-corrected chi connectivity index (χ0v) is 16.7. The first kappa shape index (κ1) is 18.7. The van der Waals surface area contributed by atoms with Crippen molar-refractivity contribution in [3.63, 3.8) is 0 Å². The van der Waals surface area contributed by atoms with E-state index < -0.39 is 0 Å². The second-order valence-corrected chi connectivity index (χ2v) is 7.93. The molecule has 30 heavy (non-hydrogen) atoms.